The summed E-state index contributed by atoms with van der Waals surface area (Å²) in [5.41, 5.74) is 0. The predicted octanol–water partition coefficient (Wildman–Crippen LogP) is 3.41. The van der Waals surface area contributed by atoms with E-state index in [-0.39, 0.29) is 6.61 Å². The van der Waals surface area contributed by atoms with Gasteiger partial charge in [-0.3, -0.25) is 4.79 Å². The highest BCUT2D eigenvalue weighted by molar-refractivity contribution is 6.87. The number of ether oxygens (including phenoxy) is 1. The van der Waals surface area contributed by atoms with Crippen LogP contribution in [-0.2, 0) is 23.2 Å². The van der Waals surface area contributed by atoms with Gasteiger partial charge in [-0.05, 0) is 39.3 Å². The Kier molecular flexibility index (Phi) is 6.98. The number of carbonyl (C=O) groups is 2. The van der Waals surface area contributed by atoms with Crippen molar-refractivity contribution in [2.24, 2.45) is 0 Å². The summed E-state index contributed by atoms with van der Waals surface area (Å²) in [5, 5.41) is 8.47. The highest BCUT2D eigenvalue weighted by Crippen LogP contribution is 2.51. The van der Waals surface area contributed by atoms with Gasteiger partial charge in [0.15, 0.2) is 28.0 Å². The van der Waals surface area contributed by atoms with Crippen molar-refractivity contribution in [3.8, 4) is 0 Å². The van der Waals surface area contributed by atoms with Crippen molar-refractivity contribution < 1.29 is 28.3 Å². The zero-order valence-electron chi connectivity index (χ0n) is 19.8. The molecule has 28 heavy (non-hydrogen) atoms. The topological polar surface area (TPSA) is 82.1 Å². The molecule has 1 aliphatic heterocycles. The van der Waals surface area contributed by atoms with E-state index < -0.39 is 61.1 Å². The molecular formula is C18H40O6Si4. The van der Waals surface area contributed by atoms with Crippen LogP contribution in [0.15, 0.2) is 0 Å². The van der Waals surface area contributed by atoms with Crippen LogP contribution in [0.5, 0.6) is 0 Å². The highest BCUT2D eigenvalue weighted by atomic mass is 28.4. The van der Waals surface area contributed by atoms with Crippen molar-refractivity contribution in [1.29, 1.82) is 0 Å². The molecule has 0 bridgehead atoms. The summed E-state index contributed by atoms with van der Waals surface area (Å²) in [4.78, 5) is 25.7. The minimum atomic E-state index is -2.48. The van der Waals surface area contributed by atoms with Crippen LogP contribution < -0.4 is 0 Å². The highest BCUT2D eigenvalue weighted by Gasteiger charge is 2.76. The fourth-order valence-electron chi connectivity index (χ4n) is 4.17. The molecular weight excluding hydrogens is 425 g/mol. The monoisotopic (exact) mass is 464 g/mol. The van der Waals surface area contributed by atoms with E-state index in [0.29, 0.717) is 0 Å². The largest absolute Gasteiger partial charge is 0.451 e. The summed E-state index contributed by atoms with van der Waals surface area (Å²) in [6.45, 7) is 24.4. The van der Waals surface area contributed by atoms with E-state index in [0.717, 1.165) is 0 Å². The normalized spacial score (nSPS) is 27.0. The van der Waals surface area contributed by atoms with Gasteiger partial charge in [-0.2, -0.15) is 0 Å². The number of aliphatic hydroxyl groups excluding tert-OH is 1. The smallest absolute Gasteiger partial charge is 0.377 e. The van der Waals surface area contributed by atoms with Gasteiger partial charge in [-0.1, -0.05) is 39.3 Å². The van der Waals surface area contributed by atoms with Gasteiger partial charge in [0.1, 0.15) is 13.3 Å². The first-order chi connectivity index (χ1) is 12.2. The van der Waals surface area contributed by atoms with Crippen molar-refractivity contribution in [3.05, 3.63) is 0 Å². The molecule has 0 aromatic rings. The molecule has 1 rings (SSSR count). The van der Waals surface area contributed by atoms with Gasteiger partial charge in [-0.15, -0.1) is 0 Å². The number of carbonyl (C=O) groups excluding carboxylic acids is 2. The summed E-state index contributed by atoms with van der Waals surface area (Å²) >= 11 is 0. The third-order valence-corrected chi connectivity index (χ3v) is 13.6. The Morgan fingerprint density at radius 3 is 1.68 bits per heavy atom. The minimum Gasteiger partial charge on any atom is -0.451 e. The lowest BCUT2D eigenvalue weighted by molar-refractivity contribution is -0.161. The van der Waals surface area contributed by atoms with E-state index in [9.17, 15) is 14.7 Å². The zero-order chi connectivity index (χ0) is 22.6. The summed E-state index contributed by atoms with van der Waals surface area (Å²) in [5.74, 6) is -1.50. The number of Topliss-reactive ketones (excluding diaryl/α,β-unsaturated/α-hetero) is 1. The quantitative estimate of drug-likeness (QED) is 0.337. The molecule has 1 fully saturated rings. The van der Waals surface area contributed by atoms with E-state index in [4.69, 9.17) is 13.6 Å². The Bertz CT molecular complexity index is 626. The van der Waals surface area contributed by atoms with E-state index >= 15 is 0 Å². The van der Waals surface area contributed by atoms with Crippen molar-refractivity contribution in [2.75, 3.05) is 6.61 Å². The molecule has 0 aromatic carbocycles. The lowest BCUT2D eigenvalue weighted by atomic mass is 10.1. The molecule has 1 N–H and O–H groups in total. The van der Waals surface area contributed by atoms with E-state index in [1.807, 2.05) is 19.6 Å². The first-order valence-electron chi connectivity index (χ1n) is 9.91. The van der Waals surface area contributed by atoms with Gasteiger partial charge in [0.2, 0.25) is 0 Å². The van der Waals surface area contributed by atoms with Crippen molar-refractivity contribution >= 4 is 44.5 Å². The summed E-state index contributed by atoms with van der Waals surface area (Å²) < 4.78 is 19.2. The Morgan fingerprint density at radius 1 is 0.929 bits per heavy atom. The second-order valence-electron chi connectivity index (χ2n) is 11.8. The first kappa shape index (κ1) is 25.9. The van der Waals surface area contributed by atoms with Crippen LogP contribution >= 0.6 is 0 Å². The third kappa shape index (κ3) is 4.47. The van der Waals surface area contributed by atoms with Crippen LogP contribution in [0.4, 0.5) is 0 Å². The van der Waals surface area contributed by atoms with Crippen molar-refractivity contribution in [1.82, 2.24) is 0 Å². The average molecular weight is 465 g/mol. The fourth-order valence-corrected chi connectivity index (χ4v) is 15.5. The van der Waals surface area contributed by atoms with Gasteiger partial charge < -0.3 is 18.7 Å². The van der Waals surface area contributed by atoms with Gasteiger partial charge in [0.05, 0.1) is 14.7 Å². The van der Waals surface area contributed by atoms with E-state index in [1.54, 1.807) is 0 Å². The van der Waals surface area contributed by atoms with Crippen LogP contribution in [0, 0.1) is 0 Å². The maximum atomic E-state index is 13.0. The lowest BCUT2D eigenvalue weighted by Crippen LogP contribution is -2.83. The number of ketones is 1. The van der Waals surface area contributed by atoms with Gasteiger partial charge in [0, 0.05) is 0 Å². The molecule has 6 nitrogen and oxygen atoms in total. The summed E-state index contributed by atoms with van der Waals surface area (Å²) in [7, 11) is -9.26. The SMILES string of the molecule is C[Si](C)(C)OC1C(=O)C(=O)O[C@@]1([C@](CO)(O[Si](C)(C)C)[Si](C)(C)C)[Si](C)(C)C. The van der Waals surface area contributed by atoms with E-state index in [1.165, 1.54) is 0 Å². The fraction of sp³-hybridized carbons (Fsp3) is 0.889. The molecule has 0 saturated carbocycles. The van der Waals surface area contributed by atoms with E-state index in [2.05, 4.69) is 58.9 Å². The van der Waals surface area contributed by atoms with Crippen molar-refractivity contribution in [3.63, 3.8) is 0 Å². The van der Waals surface area contributed by atoms with Gasteiger partial charge >= 0.3 is 5.97 Å². The average Bonchev–Trinajstić information content (AvgIpc) is 2.66. The lowest BCUT2D eigenvalue weighted by Gasteiger charge is -2.60. The molecule has 1 aliphatic rings. The minimum absolute atomic E-state index is 0.302. The maximum absolute atomic E-state index is 13.0. The first-order valence-corrected chi connectivity index (χ1v) is 23.7. The Balaban J connectivity index is 4.00. The molecule has 1 saturated heterocycles. The standard InChI is InChI=1S/C18H40O6Si4/c1-25(2,3)17(13-19,24-28(10,11)12)18(26(4,5)6)15(23-27(7,8)9)14(20)16(21)22-18/h15,19H,13H2,1-12H3/t15?,17-,18-/m1/s1. The van der Waals surface area contributed by atoms with Crippen LogP contribution in [0.3, 0.4) is 0 Å². The Hall–Kier alpha value is -0.112. The number of aliphatic hydroxyl groups is 1. The van der Waals surface area contributed by atoms with Gasteiger partial charge in [0.25, 0.3) is 5.78 Å². The van der Waals surface area contributed by atoms with Crippen LogP contribution in [0.1, 0.15) is 0 Å². The van der Waals surface area contributed by atoms with Crippen molar-refractivity contribution in [2.45, 2.75) is 95.1 Å². The second-order valence-corrected chi connectivity index (χ2v) is 31.2. The third-order valence-electron chi connectivity index (χ3n) is 5.16. The number of cyclic esters (lactones) is 1. The molecule has 0 spiro atoms. The number of rotatable bonds is 8. The molecule has 3 atom stereocenters. The number of hydrogen-bond acceptors (Lipinski definition) is 6. The maximum Gasteiger partial charge on any atom is 0.377 e. The molecule has 0 aromatic heterocycles. The Morgan fingerprint density at radius 2 is 1.39 bits per heavy atom. The van der Waals surface area contributed by atoms with Gasteiger partial charge in [-0.25, -0.2) is 4.79 Å². The Labute approximate surface area is 174 Å². The molecule has 10 heteroatoms. The number of hydrogen-bond donors (Lipinski definition) is 1. The van der Waals surface area contributed by atoms with Crippen LogP contribution in [-0.4, -0.2) is 72.8 Å². The second kappa shape index (κ2) is 7.54. The van der Waals surface area contributed by atoms with Crippen LogP contribution in [0.2, 0.25) is 78.6 Å². The molecule has 164 valence electrons. The molecule has 1 heterocycles. The predicted molar refractivity (Wildman–Crippen MR) is 123 cm³/mol. The number of esters is 1. The zero-order valence-corrected chi connectivity index (χ0v) is 23.8. The molecule has 0 amide bonds. The molecule has 0 radical (unpaired) electrons. The van der Waals surface area contributed by atoms with Crippen LogP contribution in [0.25, 0.3) is 0 Å². The molecule has 1 unspecified atom stereocenters. The molecule has 0 aliphatic carbocycles. The summed E-state index contributed by atoms with van der Waals surface area (Å²) in [6, 6.07) is 0. The summed E-state index contributed by atoms with van der Waals surface area (Å²) in [6.07, 6.45) is -1.03.